The molecule has 6 heteroatoms. The summed E-state index contributed by atoms with van der Waals surface area (Å²) in [6.45, 7) is 0. The van der Waals surface area contributed by atoms with Crippen molar-refractivity contribution >= 4 is 27.4 Å². The molecule has 98 valence electrons. The summed E-state index contributed by atoms with van der Waals surface area (Å²) in [5, 5.41) is 0. The van der Waals surface area contributed by atoms with Gasteiger partial charge in [0.25, 0.3) is 0 Å². The summed E-state index contributed by atoms with van der Waals surface area (Å²) in [4.78, 5) is 12.1. The number of benzene rings is 2. The molecule has 2 nitrogen and oxygen atoms in total. The van der Waals surface area contributed by atoms with Crippen LogP contribution in [0.1, 0.15) is 15.9 Å². The molecular formula is C13H7BrF3NO. The summed E-state index contributed by atoms with van der Waals surface area (Å²) >= 11 is 3.01. The number of nitrogen functional groups attached to an aromatic ring is 1. The first-order valence-corrected chi connectivity index (χ1v) is 5.93. The second-order valence-corrected chi connectivity index (χ2v) is 4.66. The average molecular weight is 330 g/mol. The van der Waals surface area contributed by atoms with Crippen LogP contribution in [0.5, 0.6) is 0 Å². The molecular weight excluding hydrogens is 323 g/mol. The Kier molecular flexibility index (Phi) is 3.61. The van der Waals surface area contributed by atoms with Gasteiger partial charge in [-0.15, -0.1) is 0 Å². The molecule has 2 aromatic rings. The first-order valence-electron chi connectivity index (χ1n) is 5.14. The Hall–Kier alpha value is -1.82. The minimum atomic E-state index is -0.986. The van der Waals surface area contributed by atoms with Crippen molar-refractivity contribution in [3.63, 3.8) is 0 Å². The van der Waals surface area contributed by atoms with Crippen LogP contribution in [0.25, 0.3) is 0 Å². The van der Waals surface area contributed by atoms with Gasteiger partial charge in [0.1, 0.15) is 17.5 Å². The molecule has 0 atom stereocenters. The van der Waals surface area contributed by atoms with Crippen LogP contribution in [0.2, 0.25) is 0 Å². The lowest BCUT2D eigenvalue weighted by Gasteiger charge is -2.07. The molecule has 0 unspecified atom stereocenters. The Morgan fingerprint density at radius 2 is 1.68 bits per heavy atom. The molecule has 0 heterocycles. The predicted octanol–water partition coefficient (Wildman–Crippen LogP) is 3.68. The third-order valence-electron chi connectivity index (χ3n) is 2.51. The molecule has 0 fully saturated rings. The molecule has 2 aromatic carbocycles. The van der Waals surface area contributed by atoms with E-state index in [-0.39, 0.29) is 21.3 Å². The molecule has 2 N–H and O–H groups in total. The van der Waals surface area contributed by atoms with Gasteiger partial charge in [0.15, 0.2) is 5.78 Å². The van der Waals surface area contributed by atoms with Crippen LogP contribution < -0.4 is 5.73 Å². The summed E-state index contributed by atoms with van der Waals surface area (Å²) in [6.07, 6.45) is 0. The van der Waals surface area contributed by atoms with E-state index in [1.807, 2.05) is 0 Å². The maximum atomic E-state index is 13.5. The third kappa shape index (κ3) is 2.63. The summed E-state index contributed by atoms with van der Waals surface area (Å²) in [5.74, 6) is -3.18. The molecule has 0 aliphatic heterocycles. The van der Waals surface area contributed by atoms with Crippen LogP contribution in [0.15, 0.2) is 34.8 Å². The van der Waals surface area contributed by atoms with Gasteiger partial charge in [0.05, 0.1) is 11.3 Å². The second kappa shape index (κ2) is 5.05. The van der Waals surface area contributed by atoms with Crippen molar-refractivity contribution < 1.29 is 18.0 Å². The smallest absolute Gasteiger partial charge is 0.197 e. The van der Waals surface area contributed by atoms with Gasteiger partial charge in [-0.05, 0) is 40.2 Å². The number of ketones is 1. The van der Waals surface area contributed by atoms with E-state index in [0.717, 1.165) is 24.3 Å². The highest BCUT2D eigenvalue weighted by Gasteiger charge is 2.18. The van der Waals surface area contributed by atoms with Gasteiger partial charge in [-0.2, -0.15) is 0 Å². The van der Waals surface area contributed by atoms with Crippen molar-refractivity contribution in [1.29, 1.82) is 0 Å². The highest BCUT2D eigenvalue weighted by atomic mass is 79.9. The van der Waals surface area contributed by atoms with Gasteiger partial charge in [-0.25, -0.2) is 13.2 Å². The number of halogens is 4. The molecule has 19 heavy (non-hydrogen) atoms. The summed E-state index contributed by atoms with van der Waals surface area (Å²) < 4.78 is 39.6. The van der Waals surface area contributed by atoms with E-state index in [4.69, 9.17) is 5.73 Å². The van der Waals surface area contributed by atoms with Crippen molar-refractivity contribution in [2.24, 2.45) is 0 Å². The van der Waals surface area contributed by atoms with Crippen LogP contribution >= 0.6 is 15.9 Å². The third-order valence-corrected chi connectivity index (χ3v) is 3.16. The van der Waals surface area contributed by atoms with Crippen LogP contribution in [0.4, 0.5) is 18.9 Å². The van der Waals surface area contributed by atoms with Gasteiger partial charge < -0.3 is 5.73 Å². The van der Waals surface area contributed by atoms with Crippen LogP contribution in [-0.4, -0.2) is 5.78 Å². The van der Waals surface area contributed by atoms with Gasteiger partial charge in [-0.3, -0.25) is 4.79 Å². The fourth-order valence-corrected chi connectivity index (χ4v) is 2.05. The van der Waals surface area contributed by atoms with E-state index in [1.54, 1.807) is 0 Å². The van der Waals surface area contributed by atoms with E-state index in [2.05, 4.69) is 15.9 Å². The maximum absolute atomic E-state index is 13.5. The Bertz CT molecular complexity index is 673. The van der Waals surface area contributed by atoms with Crippen LogP contribution in [0, 0.1) is 17.5 Å². The molecule has 0 aromatic heterocycles. The van der Waals surface area contributed by atoms with Crippen molar-refractivity contribution in [2.75, 3.05) is 5.73 Å². The molecule has 0 radical (unpaired) electrons. The van der Waals surface area contributed by atoms with Crippen LogP contribution in [0.3, 0.4) is 0 Å². The lowest BCUT2D eigenvalue weighted by atomic mass is 10.0. The number of nitrogens with two attached hydrogens (primary N) is 1. The molecule has 0 amide bonds. The lowest BCUT2D eigenvalue weighted by Crippen LogP contribution is -2.07. The Morgan fingerprint density at radius 3 is 2.32 bits per heavy atom. The fourth-order valence-electron chi connectivity index (χ4n) is 1.56. The number of carbonyl (C=O) groups is 1. The minimum absolute atomic E-state index is 0.00408. The van der Waals surface area contributed by atoms with Crippen molar-refractivity contribution in [3.8, 4) is 0 Å². The van der Waals surface area contributed by atoms with Crippen molar-refractivity contribution in [2.45, 2.75) is 0 Å². The lowest BCUT2D eigenvalue weighted by molar-refractivity contribution is 0.103. The largest absolute Gasteiger partial charge is 0.396 e. The number of carbonyl (C=O) groups excluding carboxylic acids is 1. The van der Waals surface area contributed by atoms with E-state index >= 15 is 0 Å². The summed E-state index contributed by atoms with van der Waals surface area (Å²) in [5.41, 5.74) is 4.83. The van der Waals surface area contributed by atoms with Crippen molar-refractivity contribution in [1.82, 2.24) is 0 Å². The Balaban J connectivity index is 2.53. The predicted molar refractivity (Wildman–Crippen MR) is 68.3 cm³/mol. The van der Waals surface area contributed by atoms with E-state index in [9.17, 15) is 18.0 Å². The molecule has 0 aliphatic rings. The second-order valence-electron chi connectivity index (χ2n) is 3.81. The van der Waals surface area contributed by atoms with E-state index in [1.165, 1.54) is 0 Å². The standard InChI is InChI=1S/C13H7BrF3NO/c14-9-5-11(17)12(18)4-8(9)13(19)7-2-1-6(15)3-10(7)16/h1-5H,18H2. The van der Waals surface area contributed by atoms with Gasteiger partial charge in [-0.1, -0.05) is 0 Å². The normalized spacial score (nSPS) is 10.5. The van der Waals surface area contributed by atoms with Gasteiger partial charge in [0, 0.05) is 16.1 Å². The number of hydrogen-bond donors (Lipinski definition) is 1. The van der Waals surface area contributed by atoms with E-state index < -0.39 is 23.2 Å². The van der Waals surface area contributed by atoms with Gasteiger partial charge >= 0.3 is 0 Å². The number of rotatable bonds is 2. The maximum Gasteiger partial charge on any atom is 0.197 e. The minimum Gasteiger partial charge on any atom is -0.396 e. The van der Waals surface area contributed by atoms with Crippen molar-refractivity contribution in [3.05, 3.63) is 63.4 Å². The monoisotopic (exact) mass is 329 g/mol. The van der Waals surface area contributed by atoms with Gasteiger partial charge in [0.2, 0.25) is 0 Å². The Morgan fingerprint density at radius 1 is 1.00 bits per heavy atom. The molecule has 0 saturated carbocycles. The number of anilines is 1. The average Bonchev–Trinajstić information content (AvgIpc) is 2.33. The molecule has 2 rings (SSSR count). The topological polar surface area (TPSA) is 43.1 Å². The number of hydrogen-bond acceptors (Lipinski definition) is 2. The summed E-state index contributed by atoms with van der Waals surface area (Å²) in [7, 11) is 0. The fraction of sp³-hybridized carbons (Fsp3) is 0. The zero-order chi connectivity index (χ0) is 14.2. The zero-order valence-electron chi connectivity index (χ0n) is 9.38. The molecule has 0 bridgehead atoms. The SMILES string of the molecule is Nc1cc(C(=O)c2ccc(F)cc2F)c(Br)cc1F. The quantitative estimate of drug-likeness (QED) is 0.674. The van der Waals surface area contributed by atoms with Crippen LogP contribution in [-0.2, 0) is 0 Å². The highest BCUT2D eigenvalue weighted by Crippen LogP contribution is 2.26. The molecule has 0 saturated heterocycles. The first kappa shape index (κ1) is 13.6. The Labute approximate surface area is 115 Å². The summed E-state index contributed by atoms with van der Waals surface area (Å²) in [6, 6.07) is 4.72. The van der Waals surface area contributed by atoms with E-state index in [0.29, 0.717) is 6.07 Å². The highest BCUT2D eigenvalue weighted by molar-refractivity contribution is 9.10. The zero-order valence-corrected chi connectivity index (χ0v) is 11.0. The molecule has 0 spiro atoms. The first-order chi connectivity index (χ1) is 8.90. The molecule has 0 aliphatic carbocycles.